The van der Waals surface area contributed by atoms with Crippen LogP contribution in [0.2, 0.25) is 5.02 Å². The van der Waals surface area contributed by atoms with E-state index in [0.29, 0.717) is 16.1 Å². The van der Waals surface area contributed by atoms with Crippen molar-refractivity contribution in [1.82, 2.24) is 10.3 Å². The number of amides is 1. The second-order valence-electron chi connectivity index (χ2n) is 5.01. The maximum Gasteiger partial charge on any atom is 0.253 e. The average Bonchev–Trinajstić information content (AvgIpc) is 3.23. The zero-order chi connectivity index (χ0) is 18.9. The molecular formula is C20H18ClN3OS. The first-order valence-electron chi connectivity index (χ1n) is 8.14. The molecular weight excluding hydrogens is 366 g/mol. The van der Waals surface area contributed by atoms with Gasteiger partial charge in [0.2, 0.25) is 0 Å². The number of thiophene rings is 1. The van der Waals surface area contributed by atoms with Crippen molar-refractivity contribution in [2.45, 2.75) is 20.4 Å². The van der Waals surface area contributed by atoms with Crippen molar-refractivity contribution >= 4 is 28.8 Å². The van der Waals surface area contributed by atoms with E-state index >= 15 is 0 Å². The largest absolute Gasteiger partial charge is 0.348 e. The number of carbonyl (C=O) groups is 1. The lowest BCUT2D eigenvalue weighted by atomic mass is 10.1. The van der Waals surface area contributed by atoms with E-state index in [1.165, 1.54) is 0 Å². The van der Waals surface area contributed by atoms with E-state index in [0.717, 1.165) is 16.1 Å². The zero-order valence-corrected chi connectivity index (χ0v) is 16.1. The quantitative estimate of drug-likeness (QED) is 0.665. The number of nitrogens with one attached hydrogen (secondary N) is 1. The number of benzene rings is 1. The van der Waals surface area contributed by atoms with Crippen LogP contribution in [0.1, 0.15) is 35.3 Å². The van der Waals surface area contributed by atoms with Gasteiger partial charge in [0, 0.05) is 17.8 Å². The summed E-state index contributed by atoms with van der Waals surface area (Å²) in [5.41, 5.74) is 2.58. The van der Waals surface area contributed by atoms with Gasteiger partial charge in [-0.25, -0.2) is 0 Å². The van der Waals surface area contributed by atoms with Gasteiger partial charge in [-0.15, -0.1) is 11.3 Å². The Labute approximate surface area is 162 Å². The Bertz CT molecular complexity index is 900. The molecule has 0 aliphatic carbocycles. The number of hydrogen-bond donors (Lipinski definition) is 1. The SMILES string of the molecule is CC.N#Cc1ccc(CNC(=O)c2ccc(-c3cccs3)nc2)c(Cl)c1. The number of halogens is 1. The first kappa shape index (κ1) is 19.6. The molecule has 2 aromatic heterocycles. The highest BCUT2D eigenvalue weighted by atomic mass is 35.5. The Morgan fingerprint density at radius 3 is 2.65 bits per heavy atom. The lowest BCUT2D eigenvalue weighted by Crippen LogP contribution is -2.23. The highest BCUT2D eigenvalue weighted by molar-refractivity contribution is 7.13. The third kappa shape index (κ3) is 4.92. The van der Waals surface area contributed by atoms with Crippen LogP contribution in [0.25, 0.3) is 10.6 Å². The monoisotopic (exact) mass is 383 g/mol. The van der Waals surface area contributed by atoms with E-state index in [2.05, 4.69) is 10.3 Å². The number of nitriles is 1. The molecule has 132 valence electrons. The van der Waals surface area contributed by atoms with E-state index in [4.69, 9.17) is 16.9 Å². The Morgan fingerprint density at radius 1 is 1.27 bits per heavy atom. The normalized spacial score (nSPS) is 9.62. The van der Waals surface area contributed by atoms with Gasteiger partial charge in [-0.1, -0.05) is 37.6 Å². The molecule has 0 aliphatic rings. The van der Waals surface area contributed by atoms with Crippen molar-refractivity contribution in [3.8, 4) is 16.6 Å². The molecule has 26 heavy (non-hydrogen) atoms. The lowest BCUT2D eigenvalue weighted by molar-refractivity contribution is 0.0950. The molecule has 1 N–H and O–H groups in total. The molecule has 0 unspecified atom stereocenters. The van der Waals surface area contributed by atoms with Crippen LogP contribution in [0.15, 0.2) is 54.0 Å². The second kappa shape index (κ2) is 9.71. The number of carbonyl (C=O) groups excluding carboxylic acids is 1. The molecule has 3 aromatic rings. The van der Waals surface area contributed by atoms with Gasteiger partial charge in [-0.3, -0.25) is 9.78 Å². The van der Waals surface area contributed by atoms with Gasteiger partial charge >= 0.3 is 0 Å². The van der Waals surface area contributed by atoms with Gasteiger partial charge in [0.1, 0.15) is 0 Å². The zero-order valence-electron chi connectivity index (χ0n) is 14.5. The maximum absolute atomic E-state index is 12.2. The van der Waals surface area contributed by atoms with Gasteiger partial charge in [0.05, 0.1) is 27.8 Å². The maximum atomic E-state index is 12.2. The van der Waals surface area contributed by atoms with Crippen molar-refractivity contribution in [1.29, 1.82) is 5.26 Å². The van der Waals surface area contributed by atoms with E-state index in [1.54, 1.807) is 41.8 Å². The van der Waals surface area contributed by atoms with Gasteiger partial charge in [0.25, 0.3) is 5.91 Å². The van der Waals surface area contributed by atoms with Gasteiger partial charge in [-0.2, -0.15) is 5.26 Å². The minimum Gasteiger partial charge on any atom is -0.348 e. The topological polar surface area (TPSA) is 65.8 Å². The molecule has 0 saturated carbocycles. The van der Waals surface area contributed by atoms with Crippen molar-refractivity contribution < 1.29 is 4.79 Å². The molecule has 0 atom stereocenters. The number of aromatic nitrogens is 1. The first-order chi connectivity index (χ1) is 12.7. The molecule has 0 aliphatic heterocycles. The second-order valence-corrected chi connectivity index (χ2v) is 6.36. The minimum absolute atomic E-state index is 0.222. The molecule has 6 heteroatoms. The summed E-state index contributed by atoms with van der Waals surface area (Å²) >= 11 is 7.70. The Hall–Kier alpha value is -2.68. The van der Waals surface area contributed by atoms with E-state index in [1.807, 2.05) is 43.5 Å². The molecule has 3 rings (SSSR count). The molecule has 2 heterocycles. The van der Waals surface area contributed by atoms with Crippen LogP contribution in [0.4, 0.5) is 0 Å². The summed E-state index contributed by atoms with van der Waals surface area (Å²) in [6.07, 6.45) is 1.56. The van der Waals surface area contributed by atoms with Crippen LogP contribution in [-0.4, -0.2) is 10.9 Å². The molecule has 0 fully saturated rings. The fourth-order valence-corrected chi connectivity index (χ4v) is 3.09. The standard InChI is InChI=1S/C18H12ClN3OS.C2H6/c19-15-8-12(9-20)3-4-13(15)10-22-18(23)14-5-6-16(21-11-14)17-2-1-7-24-17;1-2/h1-8,11H,10H2,(H,22,23);1-2H3. The third-order valence-corrected chi connectivity index (χ3v) is 4.67. The Balaban J connectivity index is 0.00000117. The molecule has 0 radical (unpaired) electrons. The summed E-state index contributed by atoms with van der Waals surface area (Å²) in [4.78, 5) is 17.6. The molecule has 0 bridgehead atoms. The summed E-state index contributed by atoms with van der Waals surface area (Å²) < 4.78 is 0. The van der Waals surface area contributed by atoms with E-state index in [9.17, 15) is 4.79 Å². The predicted molar refractivity (Wildman–Crippen MR) is 106 cm³/mol. The Morgan fingerprint density at radius 2 is 2.08 bits per heavy atom. The van der Waals surface area contributed by atoms with E-state index < -0.39 is 0 Å². The number of pyridine rings is 1. The van der Waals surface area contributed by atoms with Crippen LogP contribution < -0.4 is 5.32 Å². The third-order valence-electron chi connectivity index (χ3n) is 3.42. The van der Waals surface area contributed by atoms with Crippen molar-refractivity contribution in [2.75, 3.05) is 0 Å². The molecule has 1 amide bonds. The van der Waals surface area contributed by atoms with Crippen LogP contribution in [0, 0.1) is 11.3 Å². The smallest absolute Gasteiger partial charge is 0.253 e. The minimum atomic E-state index is -0.222. The van der Waals surface area contributed by atoms with Crippen LogP contribution >= 0.6 is 22.9 Å². The summed E-state index contributed by atoms with van der Waals surface area (Å²) in [5, 5.41) is 14.1. The van der Waals surface area contributed by atoms with Gasteiger partial charge in [0.15, 0.2) is 0 Å². The summed E-state index contributed by atoms with van der Waals surface area (Å²) in [5.74, 6) is -0.222. The highest BCUT2D eigenvalue weighted by Gasteiger charge is 2.09. The number of hydrogen-bond acceptors (Lipinski definition) is 4. The van der Waals surface area contributed by atoms with Gasteiger partial charge < -0.3 is 5.32 Å². The molecule has 1 aromatic carbocycles. The number of nitrogens with zero attached hydrogens (tertiary/aromatic N) is 2. The van der Waals surface area contributed by atoms with Crippen molar-refractivity contribution in [3.63, 3.8) is 0 Å². The fraction of sp³-hybridized carbons (Fsp3) is 0.150. The van der Waals surface area contributed by atoms with Crippen molar-refractivity contribution in [3.05, 3.63) is 75.8 Å². The lowest BCUT2D eigenvalue weighted by Gasteiger charge is -2.07. The fourth-order valence-electron chi connectivity index (χ4n) is 2.14. The number of rotatable bonds is 4. The predicted octanol–water partition coefficient (Wildman–Crippen LogP) is 5.29. The Kier molecular flexibility index (Phi) is 7.34. The highest BCUT2D eigenvalue weighted by Crippen LogP contribution is 2.22. The van der Waals surface area contributed by atoms with E-state index in [-0.39, 0.29) is 12.5 Å². The van der Waals surface area contributed by atoms with Crippen LogP contribution in [-0.2, 0) is 6.54 Å². The average molecular weight is 384 g/mol. The van der Waals surface area contributed by atoms with Crippen molar-refractivity contribution in [2.24, 2.45) is 0 Å². The summed E-state index contributed by atoms with van der Waals surface area (Å²) in [7, 11) is 0. The van der Waals surface area contributed by atoms with Crippen LogP contribution in [0.3, 0.4) is 0 Å². The first-order valence-corrected chi connectivity index (χ1v) is 9.40. The molecule has 0 spiro atoms. The van der Waals surface area contributed by atoms with Crippen LogP contribution in [0.5, 0.6) is 0 Å². The molecule has 4 nitrogen and oxygen atoms in total. The molecule has 0 saturated heterocycles. The summed E-state index contributed by atoms with van der Waals surface area (Å²) in [6, 6.07) is 14.5. The summed E-state index contributed by atoms with van der Waals surface area (Å²) in [6.45, 7) is 4.29. The van der Waals surface area contributed by atoms with Gasteiger partial charge in [-0.05, 0) is 41.3 Å².